The Hall–Kier alpha value is -3.04. The van der Waals surface area contributed by atoms with Crippen molar-refractivity contribution in [1.29, 1.82) is 0 Å². The quantitative estimate of drug-likeness (QED) is 0.357. The van der Waals surface area contributed by atoms with Crippen LogP contribution in [0.15, 0.2) is 46.5 Å². The largest absolute Gasteiger partial charge is 0.457 e. The zero-order valence-electron chi connectivity index (χ0n) is 14.8. The molecule has 4 rings (SSSR count). The molecule has 3 heterocycles. The highest BCUT2D eigenvalue weighted by Crippen LogP contribution is 2.26. The fourth-order valence-corrected chi connectivity index (χ4v) is 3.47. The van der Waals surface area contributed by atoms with Gasteiger partial charge in [-0.15, -0.1) is 0 Å². The highest BCUT2D eigenvalue weighted by Gasteiger charge is 2.33. The Balaban J connectivity index is 1.49. The smallest absolute Gasteiger partial charge is 0.276 e. The Kier molecular flexibility index (Phi) is 4.93. The molecule has 0 unspecified atom stereocenters. The summed E-state index contributed by atoms with van der Waals surface area (Å²) in [6.07, 6.45) is 3.52. The van der Waals surface area contributed by atoms with E-state index in [2.05, 4.69) is 5.32 Å². The van der Waals surface area contributed by atoms with E-state index in [1.54, 1.807) is 30.3 Å². The zero-order chi connectivity index (χ0) is 19.7. The first kappa shape index (κ1) is 18.3. The maximum absolute atomic E-state index is 12.6. The topological polar surface area (TPSA) is 97.8 Å². The van der Waals surface area contributed by atoms with E-state index in [4.69, 9.17) is 21.4 Å². The Bertz CT molecular complexity index is 960. The van der Waals surface area contributed by atoms with Crippen molar-refractivity contribution in [3.05, 3.63) is 58.0 Å². The van der Waals surface area contributed by atoms with Crippen molar-refractivity contribution < 1.29 is 18.9 Å². The van der Waals surface area contributed by atoms with Crippen LogP contribution in [0.3, 0.4) is 0 Å². The number of carbonyl (C=O) groups excluding carboxylic acids is 1. The number of nitrogens with zero attached hydrogens (tertiary/aromatic N) is 2. The molecule has 144 valence electrons. The maximum Gasteiger partial charge on any atom is 0.276 e. The van der Waals surface area contributed by atoms with E-state index in [0.29, 0.717) is 41.0 Å². The minimum absolute atomic E-state index is 0.0123. The molecule has 2 aromatic rings. The molecule has 0 spiro atoms. The highest BCUT2D eigenvalue weighted by atomic mass is 32.1. The second-order valence-corrected chi connectivity index (χ2v) is 6.93. The maximum atomic E-state index is 12.6. The van der Waals surface area contributed by atoms with Crippen LogP contribution in [0.1, 0.15) is 18.6 Å². The number of benzene rings is 1. The SMILES string of the molecule is O=C1/C(=C/c2ccc(-c3ccc([N+](=O)[O-])cc3)o2)NC(=S)N1C[C@@H]1CCCO1. The fourth-order valence-electron chi connectivity index (χ4n) is 3.20. The number of carbonyl (C=O) groups is 1. The van der Waals surface area contributed by atoms with Gasteiger partial charge in [-0.2, -0.15) is 0 Å². The summed E-state index contributed by atoms with van der Waals surface area (Å²) in [6, 6.07) is 9.54. The monoisotopic (exact) mass is 399 g/mol. The number of furan rings is 1. The Morgan fingerprint density at radius 3 is 2.75 bits per heavy atom. The minimum Gasteiger partial charge on any atom is -0.457 e. The second-order valence-electron chi connectivity index (χ2n) is 6.54. The van der Waals surface area contributed by atoms with Crippen molar-refractivity contribution in [1.82, 2.24) is 10.2 Å². The van der Waals surface area contributed by atoms with Crippen molar-refractivity contribution in [2.24, 2.45) is 0 Å². The van der Waals surface area contributed by atoms with Crippen molar-refractivity contribution in [2.75, 3.05) is 13.2 Å². The Labute approximate surface area is 165 Å². The van der Waals surface area contributed by atoms with Gasteiger partial charge in [0.05, 0.1) is 17.6 Å². The van der Waals surface area contributed by atoms with Crippen LogP contribution in [0.5, 0.6) is 0 Å². The summed E-state index contributed by atoms with van der Waals surface area (Å²) in [5.74, 6) is 0.811. The summed E-state index contributed by atoms with van der Waals surface area (Å²) < 4.78 is 11.3. The molecule has 0 radical (unpaired) electrons. The molecule has 1 atom stereocenters. The average Bonchev–Trinajstić information content (AvgIpc) is 3.41. The number of hydrogen-bond acceptors (Lipinski definition) is 6. The number of hydrogen-bond donors (Lipinski definition) is 1. The molecule has 0 aliphatic carbocycles. The van der Waals surface area contributed by atoms with Gasteiger partial charge in [-0.3, -0.25) is 19.8 Å². The summed E-state index contributed by atoms with van der Waals surface area (Å²) in [5, 5.41) is 14.0. The normalized spacial score (nSPS) is 20.8. The van der Waals surface area contributed by atoms with Gasteiger partial charge in [0.1, 0.15) is 17.2 Å². The predicted molar refractivity (Wildman–Crippen MR) is 105 cm³/mol. The molecule has 2 saturated heterocycles. The number of nitrogens with one attached hydrogen (secondary N) is 1. The Morgan fingerprint density at radius 1 is 1.29 bits per heavy atom. The van der Waals surface area contributed by atoms with Gasteiger partial charge < -0.3 is 14.5 Å². The molecule has 8 nitrogen and oxygen atoms in total. The summed E-state index contributed by atoms with van der Waals surface area (Å²) >= 11 is 5.27. The van der Waals surface area contributed by atoms with Crippen LogP contribution in [0.25, 0.3) is 17.4 Å². The lowest BCUT2D eigenvalue weighted by atomic mass is 10.1. The number of nitro benzene ring substituents is 1. The van der Waals surface area contributed by atoms with E-state index in [1.807, 2.05) is 0 Å². The van der Waals surface area contributed by atoms with Crippen LogP contribution >= 0.6 is 12.2 Å². The number of nitro groups is 1. The first-order chi connectivity index (χ1) is 13.5. The van der Waals surface area contributed by atoms with Gasteiger partial charge in [0, 0.05) is 30.4 Å². The van der Waals surface area contributed by atoms with E-state index < -0.39 is 4.92 Å². The summed E-state index contributed by atoms with van der Waals surface area (Å²) in [6.45, 7) is 1.15. The average molecular weight is 399 g/mol. The molecule has 2 aliphatic rings. The van der Waals surface area contributed by atoms with Crippen molar-refractivity contribution in [3.63, 3.8) is 0 Å². The van der Waals surface area contributed by atoms with E-state index in [9.17, 15) is 14.9 Å². The van der Waals surface area contributed by atoms with Crippen LogP contribution in [-0.4, -0.2) is 40.1 Å². The molecule has 1 N–H and O–H groups in total. The third-order valence-corrected chi connectivity index (χ3v) is 4.97. The van der Waals surface area contributed by atoms with Gasteiger partial charge in [-0.1, -0.05) is 0 Å². The molecule has 1 aromatic carbocycles. The van der Waals surface area contributed by atoms with Gasteiger partial charge in [-0.25, -0.2) is 0 Å². The predicted octanol–water partition coefficient (Wildman–Crippen LogP) is 3.09. The third kappa shape index (κ3) is 3.67. The van der Waals surface area contributed by atoms with Crippen LogP contribution in [0, 0.1) is 10.1 Å². The van der Waals surface area contributed by atoms with Gasteiger partial charge in [-0.05, 0) is 49.3 Å². The summed E-state index contributed by atoms with van der Waals surface area (Å²) in [5.41, 5.74) is 1.06. The molecule has 1 amide bonds. The number of thiocarbonyl (C=S) groups is 1. The molecule has 9 heteroatoms. The van der Waals surface area contributed by atoms with E-state index in [-0.39, 0.29) is 17.7 Å². The molecule has 0 bridgehead atoms. The molecular weight excluding hydrogens is 382 g/mol. The zero-order valence-corrected chi connectivity index (χ0v) is 15.6. The minimum atomic E-state index is -0.454. The standard InChI is InChI=1S/C19H17N3O5S/c23-18-16(20-19(28)21(18)11-15-2-1-9-26-15)10-14-7-8-17(27-14)12-3-5-13(6-4-12)22(24)25/h3-8,10,15H,1-2,9,11H2,(H,20,28)/b16-10-/t15-/m0/s1. The summed E-state index contributed by atoms with van der Waals surface area (Å²) in [7, 11) is 0. The van der Waals surface area contributed by atoms with Crippen molar-refractivity contribution in [3.8, 4) is 11.3 Å². The van der Waals surface area contributed by atoms with E-state index in [0.717, 1.165) is 12.8 Å². The lowest BCUT2D eigenvalue weighted by Crippen LogP contribution is -2.37. The second kappa shape index (κ2) is 7.53. The highest BCUT2D eigenvalue weighted by molar-refractivity contribution is 7.80. The van der Waals surface area contributed by atoms with Gasteiger partial charge >= 0.3 is 0 Å². The van der Waals surface area contributed by atoms with Gasteiger partial charge in [0.25, 0.3) is 11.6 Å². The van der Waals surface area contributed by atoms with Crippen LogP contribution in [0.2, 0.25) is 0 Å². The number of amides is 1. The lowest BCUT2D eigenvalue weighted by molar-refractivity contribution is -0.384. The van der Waals surface area contributed by atoms with E-state index in [1.165, 1.54) is 17.0 Å². The Morgan fingerprint density at radius 2 is 2.07 bits per heavy atom. The first-order valence-corrected chi connectivity index (χ1v) is 9.23. The third-order valence-electron chi connectivity index (χ3n) is 4.65. The number of ether oxygens (including phenoxy) is 1. The van der Waals surface area contributed by atoms with Crippen molar-refractivity contribution in [2.45, 2.75) is 18.9 Å². The van der Waals surface area contributed by atoms with Gasteiger partial charge in [0.2, 0.25) is 0 Å². The van der Waals surface area contributed by atoms with Crippen molar-refractivity contribution >= 4 is 35.0 Å². The molecule has 2 fully saturated rings. The van der Waals surface area contributed by atoms with Crippen LogP contribution in [-0.2, 0) is 9.53 Å². The van der Waals surface area contributed by atoms with Gasteiger partial charge in [0.15, 0.2) is 5.11 Å². The molecule has 2 aliphatic heterocycles. The van der Waals surface area contributed by atoms with Crippen LogP contribution < -0.4 is 5.32 Å². The fraction of sp³-hybridized carbons (Fsp3) is 0.263. The summed E-state index contributed by atoms with van der Waals surface area (Å²) in [4.78, 5) is 24.4. The molecule has 1 aromatic heterocycles. The molecule has 28 heavy (non-hydrogen) atoms. The number of rotatable bonds is 5. The van der Waals surface area contributed by atoms with Crippen LogP contribution in [0.4, 0.5) is 5.69 Å². The first-order valence-electron chi connectivity index (χ1n) is 8.82. The lowest BCUT2D eigenvalue weighted by Gasteiger charge is -2.18. The number of non-ortho nitro benzene ring substituents is 1. The molecular formula is C19H17N3O5S. The molecule has 0 saturated carbocycles. The van der Waals surface area contributed by atoms with E-state index >= 15 is 0 Å².